The van der Waals surface area contributed by atoms with Gasteiger partial charge >= 0.3 is 12.3 Å². The maximum absolute atomic E-state index is 13.5. The van der Waals surface area contributed by atoms with Crippen LogP contribution in [0.3, 0.4) is 0 Å². The van der Waals surface area contributed by atoms with Crippen LogP contribution >= 0.6 is 24.0 Å². The molecular formula is C20H18Cl2F6N2O3. The second kappa shape index (κ2) is 11.3. The van der Waals surface area contributed by atoms with E-state index in [0.29, 0.717) is 0 Å². The van der Waals surface area contributed by atoms with Crippen LogP contribution in [0.4, 0.5) is 36.8 Å². The van der Waals surface area contributed by atoms with Crippen LogP contribution in [0.25, 0.3) is 0 Å². The fourth-order valence-electron chi connectivity index (χ4n) is 3.08. The van der Waals surface area contributed by atoms with Gasteiger partial charge in [0.1, 0.15) is 5.82 Å². The predicted octanol–water partition coefficient (Wildman–Crippen LogP) is 5.73. The van der Waals surface area contributed by atoms with E-state index in [-0.39, 0.29) is 48.4 Å². The highest BCUT2D eigenvalue weighted by Crippen LogP contribution is 2.28. The Kier molecular flexibility index (Phi) is 9.24. The molecule has 1 amide bonds. The second-order valence-corrected chi connectivity index (χ2v) is 7.39. The van der Waals surface area contributed by atoms with Gasteiger partial charge < -0.3 is 9.47 Å². The summed E-state index contributed by atoms with van der Waals surface area (Å²) >= 11 is 5.52. The Morgan fingerprint density at radius 3 is 2.52 bits per heavy atom. The largest absolute Gasteiger partial charge is 0.435 e. The van der Waals surface area contributed by atoms with E-state index in [4.69, 9.17) is 16.3 Å². The third kappa shape index (κ3) is 7.39. The zero-order chi connectivity index (χ0) is 23.5. The molecule has 0 radical (unpaired) electrons. The van der Waals surface area contributed by atoms with Gasteiger partial charge in [0.25, 0.3) is 0 Å². The lowest BCUT2D eigenvalue weighted by molar-refractivity contribution is -0.209. The van der Waals surface area contributed by atoms with Crippen molar-refractivity contribution in [2.75, 3.05) is 31.6 Å². The minimum atomic E-state index is -4.89. The highest BCUT2D eigenvalue weighted by atomic mass is 35.5. The van der Waals surface area contributed by atoms with Gasteiger partial charge in [-0.15, -0.1) is 12.4 Å². The molecule has 2 aromatic carbocycles. The number of amides is 1. The number of alkyl halides is 3. The van der Waals surface area contributed by atoms with Crippen molar-refractivity contribution < 1.29 is 40.6 Å². The number of halogens is 8. The Balaban J connectivity index is 0.00000385. The third-order valence-electron chi connectivity index (χ3n) is 4.67. The van der Waals surface area contributed by atoms with Gasteiger partial charge in [-0.25, -0.2) is 18.0 Å². The van der Waals surface area contributed by atoms with E-state index in [1.54, 1.807) is 0 Å². The number of rotatable bonds is 5. The maximum Gasteiger partial charge on any atom is 0.426 e. The lowest BCUT2D eigenvalue weighted by Crippen LogP contribution is -2.48. The van der Waals surface area contributed by atoms with Crippen LogP contribution < -0.4 is 5.32 Å². The molecule has 0 bridgehead atoms. The van der Waals surface area contributed by atoms with Crippen molar-refractivity contribution in [2.24, 2.45) is 0 Å². The first-order valence-electron chi connectivity index (χ1n) is 9.31. The van der Waals surface area contributed by atoms with Gasteiger partial charge in [-0.1, -0.05) is 17.7 Å². The van der Waals surface area contributed by atoms with Crippen molar-refractivity contribution in [3.8, 4) is 0 Å². The zero-order valence-electron chi connectivity index (χ0n) is 16.7. The van der Waals surface area contributed by atoms with Crippen LogP contribution in [0.5, 0.6) is 0 Å². The van der Waals surface area contributed by atoms with Crippen molar-refractivity contribution in [3.63, 3.8) is 0 Å². The van der Waals surface area contributed by atoms with Gasteiger partial charge in [0.05, 0.1) is 17.7 Å². The van der Waals surface area contributed by atoms with Gasteiger partial charge in [0, 0.05) is 25.3 Å². The average molecular weight is 519 g/mol. The van der Waals surface area contributed by atoms with E-state index < -0.39 is 48.5 Å². The smallest absolute Gasteiger partial charge is 0.426 e. The van der Waals surface area contributed by atoms with Crippen molar-refractivity contribution in [2.45, 2.75) is 18.4 Å². The molecular weight excluding hydrogens is 501 g/mol. The van der Waals surface area contributed by atoms with Crippen molar-refractivity contribution in [1.29, 1.82) is 0 Å². The lowest BCUT2D eigenvalue weighted by atomic mass is 10.1. The van der Waals surface area contributed by atoms with Crippen LogP contribution in [0.1, 0.15) is 11.7 Å². The zero-order valence-corrected chi connectivity index (χ0v) is 18.2. The monoisotopic (exact) mass is 518 g/mol. The van der Waals surface area contributed by atoms with E-state index in [1.165, 1.54) is 17.0 Å². The second-order valence-electron chi connectivity index (χ2n) is 6.98. The van der Waals surface area contributed by atoms with Crippen LogP contribution in [0, 0.1) is 17.5 Å². The number of nitrogens with zero attached hydrogens (tertiary/aromatic N) is 1. The Morgan fingerprint density at radius 2 is 1.88 bits per heavy atom. The molecule has 3 rings (SSSR count). The number of morpholine rings is 1. The molecule has 1 heterocycles. The summed E-state index contributed by atoms with van der Waals surface area (Å²) in [7, 11) is 0. The predicted molar refractivity (Wildman–Crippen MR) is 110 cm³/mol. The summed E-state index contributed by atoms with van der Waals surface area (Å²) in [5, 5.41) is 1.79. The molecule has 2 aromatic rings. The molecule has 0 saturated carbocycles. The van der Waals surface area contributed by atoms with Gasteiger partial charge in [-0.3, -0.25) is 10.2 Å². The highest BCUT2D eigenvalue weighted by Gasteiger charge is 2.44. The van der Waals surface area contributed by atoms with Crippen molar-refractivity contribution in [3.05, 3.63) is 64.4 Å². The fraction of sp³-hybridized carbons (Fsp3) is 0.350. The Morgan fingerprint density at radius 1 is 1.15 bits per heavy atom. The number of hydrogen-bond acceptors (Lipinski definition) is 4. The number of benzene rings is 2. The van der Waals surface area contributed by atoms with Crippen molar-refractivity contribution in [1.82, 2.24) is 4.90 Å². The molecule has 1 N–H and O–H groups in total. The van der Waals surface area contributed by atoms with E-state index in [9.17, 15) is 31.1 Å². The molecule has 1 aliphatic rings. The quantitative estimate of drug-likeness (QED) is 0.513. The fourth-order valence-corrected chi connectivity index (χ4v) is 3.19. The molecule has 0 aromatic heterocycles. The molecule has 5 nitrogen and oxygen atoms in total. The molecule has 1 fully saturated rings. The normalized spacial score (nSPS) is 17.7. The summed E-state index contributed by atoms with van der Waals surface area (Å²) in [5.74, 6) is -3.03. The molecule has 2 atom stereocenters. The Bertz CT molecular complexity index is 979. The number of carbonyl (C=O) groups excluding carboxylic acids is 1. The van der Waals surface area contributed by atoms with Gasteiger partial charge in [-0.2, -0.15) is 13.2 Å². The Labute approximate surface area is 196 Å². The maximum atomic E-state index is 13.5. The summed E-state index contributed by atoms with van der Waals surface area (Å²) in [6.45, 7) is -0.648. The van der Waals surface area contributed by atoms with Crippen LogP contribution in [0.15, 0.2) is 36.4 Å². The standard InChI is InChI=1S/C20H17ClF6N2O3.ClH/c21-13-3-2-12(8-15(13)23)28-19(30)32-18(20(25,26)27)10-29-5-6-31-17(9-29)11-1-4-14(22)16(24)7-11;/h1-4,7-8,17-18H,5-6,9-10H2,(H,28,30);1H/t17-,18-;/m0./s1. The van der Waals surface area contributed by atoms with Crippen molar-refractivity contribution >= 4 is 35.8 Å². The summed E-state index contributed by atoms with van der Waals surface area (Å²) in [6, 6.07) is 6.26. The molecule has 0 spiro atoms. The summed E-state index contributed by atoms with van der Waals surface area (Å²) in [4.78, 5) is 13.3. The van der Waals surface area contributed by atoms with E-state index >= 15 is 0 Å². The Hall–Kier alpha value is -2.21. The van der Waals surface area contributed by atoms with E-state index in [1.807, 2.05) is 5.32 Å². The molecule has 182 valence electrons. The number of ether oxygens (including phenoxy) is 2. The third-order valence-corrected chi connectivity index (χ3v) is 4.98. The first kappa shape index (κ1) is 27.0. The topological polar surface area (TPSA) is 50.8 Å². The summed E-state index contributed by atoms with van der Waals surface area (Å²) in [6.07, 6.45) is -9.61. The molecule has 0 aliphatic carbocycles. The van der Waals surface area contributed by atoms with Crippen LogP contribution in [-0.4, -0.2) is 49.5 Å². The molecule has 0 unspecified atom stereocenters. The van der Waals surface area contributed by atoms with Crippen LogP contribution in [0.2, 0.25) is 5.02 Å². The number of nitrogens with one attached hydrogen (secondary N) is 1. The molecule has 33 heavy (non-hydrogen) atoms. The van der Waals surface area contributed by atoms with Gasteiger partial charge in [-0.05, 0) is 35.9 Å². The number of carbonyl (C=O) groups is 1. The minimum Gasteiger partial charge on any atom is -0.435 e. The van der Waals surface area contributed by atoms with Crippen LogP contribution in [-0.2, 0) is 9.47 Å². The van der Waals surface area contributed by atoms with E-state index in [2.05, 4.69) is 4.74 Å². The van der Waals surface area contributed by atoms with Gasteiger partial charge in [0.2, 0.25) is 6.10 Å². The highest BCUT2D eigenvalue weighted by molar-refractivity contribution is 6.30. The summed E-state index contributed by atoms with van der Waals surface area (Å²) < 4.78 is 90.5. The average Bonchev–Trinajstić information content (AvgIpc) is 2.72. The first-order chi connectivity index (χ1) is 15.0. The first-order valence-corrected chi connectivity index (χ1v) is 9.69. The number of anilines is 1. The van der Waals surface area contributed by atoms with E-state index in [0.717, 1.165) is 24.3 Å². The summed E-state index contributed by atoms with van der Waals surface area (Å²) in [5.41, 5.74) is 0.128. The lowest BCUT2D eigenvalue weighted by Gasteiger charge is -2.35. The SMILES string of the molecule is Cl.O=C(Nc1ccc(Cl)c(F)c1)O[C@@H](CN1CCO[C@H](c2ccc(F)c(F)c2)C1)C(F)(F)F. The number of hydrogen-bond donors (Lipinski definition) is 1. The molecule has 1 aliphatic heterocycles. The minimum absolute atomic E-state index is 0. The molecule has 1 saturated heterocycles. The molecule has 13 heteroatoms. The van der Waals surface area contributed by atoms with Gasteiger partial charge in [0.15, 0.2) is 11.6 Å².